The molecule has 126 valence electrons. The molecule has 1 amide bonds. The maximum Gasteiger partial charge on any atom is 0.267 e. The molecule has 0 atom stereocenters. The van der Waals surface area contributed by atoms with Crippen molar-refractivity contribution in [1.29, 1.82) is 0 Å². The van der Waals surface area contributed by atoms with E-state index in [2.05, 4.69) is 5.32 Å². The Morgan fingerprint density at radius 1 is 1.17 bits per heavy atom. The Bertz CT molecular complexity index is 860. The molecule has 2 aromatic carbocycles. The fourth-order valence-corrected chi connectivity index (χ4v) is 2.78. The zero-order valence-corrected chi connectivity index (χ0v) is 13.9. The number of carbonyl (C=O) groups is 1. The summed E-state index contributed by atoms with van der Waals surface area (Å²) in [5.41, 5.74) is 3.90. The van der Waals surface area contributed by atoms with Gasteiger partial charge in [-0.3, -0.25) is 10.0 Å². The molecule has 0 saturated heterocycles. The number of hydrogen-bond donors (Lipinski definition) is 3. The van der Waals surface area contributed by atoms with Gasteiger partial charge in [0.05, 0.1) is 4.90 Å². The second-order valence-electron chi connectivity index (χ2n) is 5.17. The number of benzene rings is 2. The molecule has 0 fully saturated rings. The molecule has 0 spiro atoms. The van der Waals surface area contributed by atoms with Crippen LogP contribution in [-0.2, 0) is 21.2 Å². The highest BCUT2D eigenvalue weighted by Gasteiger charge is 2.07. The smallest absolute Gasteiger partial charge is 0.267 e. The molecule has 0 aliphatic carbocycles. The van der Waals surface area contributed by atoms with Gasteiger partial charge in [-0.15, -0.1) is 0 Å². The van der Waals surface area contributed by atoms with Crippen LogP contribution in [0.2, 0.25) is 0 Å². The molecule has 0 radical (unpaired) electrons. The Morgan fingerprint density at radius 3 is 2.62 bits per heavy atom. The number of anilines is 1. The molecule has 7 heteroatoms. The van der Waals surface area contributed by atoms with Crippen molar-refractivity contribution < 1.29 is 18.4 Å². The van der Waals surface area contributed by atoms with Crippen LogP contribution in [0.1, 0.15) is 11.1 Å². The lowest BCUT2D eigenvalue weighted by Gasteiger charge is -2.10. The van der Waals surface area contributed by atoms with Gasteiger partial charge in [0.25, 0.3) is 5.91 Å². The first kappa shape index (κ1) is 17.7. The second-order valence-corrected chi connectivity index (χ2v) is 7.19. The highest BCUT2D eigenvalue weighted by atomic mass is 32.2. The summed E-state index contributed by atoms with van der Waals surface area (Å²) in [6, 6.07) is 14.0. The number of hydrogen-bond acceptors (Lipinski definition) is 5. The summed E-state index contributed by atoms with van der Waals surface area (Å²) in [6.07, 6.45) is 3.96. The molecule has 0 heterocycles. The zero-order valence-electron chi connectivity index (χ0n) is 13.1. The number of amides is 1. The first-order valence-corrected chi connectivity index (χ1v) is 9.03. The van der Waals surface area contributed by atoms with Crippen LogP contribution >= 0.6 is 0 Å². The Balaban J connectivity index is 2.16. The summed E-state index contributed by atoms with van der Waals surface area (Å²) in [5.74, 6) is -0.620. The fourth-order valence-electron chi connectivity index (χ4n) is 2.09. The predicted octanol–water partition coefficient (Wildman–Crippen LogP) is 2.22. The van der Waals surface area contributed by atoms with Crippen molar-refractivity contribution in [3.05, 3.63) is 65.7 Å². The van der Waals surface area contributed by atoms with Gasteiger partial charge in [-0.2, -0.15) is 0 Å². The number of rotatable bonds is 6. The zero-order chi connectivity index (χ0) is 17.6. The van der Waals surface area contributed by atoms with Crippen molar-refractivity contribution in [3.63, 3.8) is 0 Å². The van der Waals surface area contributed by atoms with E-state index in [0.29, 0.717) is 6.54 Å². The highest BCUT2D eigenvalue weighted by Crippen LogP contribution is 2.18. The number of sulfone groups is 1. The molecule has 3 N–H and O–H groups in total. The summed E-state index contributed by atoms with van der Waals surface area (Å²) >= 11 is 0. The molecule has 6 nitrogen and oxygen atoms in total. The average Bonchev–Trinajstić information content (AvgIpc) is 2.58. The standard InChI is InChI=1S/C17H18N2O4S/c1-24(22,23)15-7-4-5-13(11-15)12-18-16-8-3-2-6-14(16)9-10-17(20)19-21/h2-11,18,21H,12H2,1H3,(H,19,20)/b10-9+. The lowest BCUT2D eigenvalue weighted by atomic mass is 10.1. The molecular formula is C17H18N2O4S. The van der Waals surface area contributed by atoms with E-state index < -0.39 is 15.7 Å². The molecular weight excluding hydrogens is 328 g/mol. The van der Waals surface area contributed by atoms with Crippen molar-refractivity contribution in [2.24, 2.45) is 0 Å². The quantitative estimate of drug-likeness (QED) is 0.423. The van der Waals surface area contributed by atoms with Crippen molar-refractivity contribution in [2.45, 2.75) is 11.4 Å². The number of carbonyl (C=O) groups excluding carboxylic acids is 1. The van der Waals surface area contributed by atoms with Crippen molar-refractivity contribution in [3.8, 4) is 0 Å². The normalized spacial score (nSPS) is 11.4. The lowest BCUT2D eigenvalue weighted by Crippen LogP contribution is -2.14. The van der Waals surface area contributed by atoms with Gasteiger partial charge >= 0.3 is 0 Å². The van der Waals surface area contributed by atoms with Gasteiger partial charge in [0.15, 0.2) is 9.84 Å². The monoisotopic (exact) mass is 346 g/mol. The summed E-state index contributed by atoms with van der Waals surface area (Å²) in [7, 11) is -3.24. The van der Waals surface area contributed by atoms with Crippen molar-refractivity contribution in [2.75, 3.05) is 11.6 Å². The van der Waals surface area contributed by atoms with E-state index in [1.165, 1.54) is 17.8 Å². The first-order valence-electron chi connectivity index (χ1n) is 7.14. The van der Waals surface area contributed by atoms with Gasteiger partial charge in [0.2, 0.25) is 0 Å². The van der Waals surface area contributed by atoms with E-state index in [1.807, 2.05) is 30.3 Å². The average molecular weight is 346 g/mol. The molecule has 0 aromatic heterocycles. The fraction of sp³-hybridized carbons (Fsp3) is 0.118. The summed E-state index contributed by atoms with van der Waals surface area (Å²) in [6.45, 7) is 0.431. The Hall–Kier alpha value is -2.64. The summed E-state index contributed by atoms with van der Waals surface area (Å²) in [4.78, 5) is 11.4. The van der Waals surface area contributed by atoms with Gasteiger partial charge < -0.3 is 5.32 Å². The molecule has 0 unspecified atom stereocenters. The van der Waals surface area contributed by atoms with Crippen LogP contribution in [0.5, 0.6) is 0 Å². The van der Waals surface area contributed by atoms with Gasteiger partial charge in [0.1, 0.15) is 0 Å². The molecule has 0 aliphatic heterocycles. The molecule has 2 rings (SSSR count). The topological polar surface area (TPSA) is 95.5 Å². The Morgan fingerprint density at radius 2 is 1.92 bits per heavy atom. The first-order chi connectivity index (χ1) is 11.4. The minimum absolute atomic E-state index is 0.273. The molecule has 24 heavy (non-hydrogen) atoms. The van der Waals surface area contributed by atoms with E-state index in [-0.39, 0.29) is 4.90 Å². The van der Waals surface area contributed by atoms with Crippen LogP contribution in [0.15, 0.2) is 59.5 Å². The minimum Gasteiger partial charge on any atom is -0.380 e. The number of hydroxylamine groups is 1. The molecule has 0 saturated carbocycles. The third-order valence-electron chi connectivity index (χ3n) is 3.29. The van der Waals surface area contributed by atoms with Crippen LogP contribution in [0, 0.1) is 0 Å². The van der Waals surface area contributed by atoms with E-state index >= 15 is 0 Å². The molecule has 2 aromatic rings. The van der Waals surface area contributed by atoms with Gasteiger partial charge in [-0.05, 0) is 35.4 Å². The summed E-state index contributed by atoms with van der Waals surface area (Å²) in [5, 5.41) is 11.7. The maximum atomic E-state index is 11.6. The minimum atomic E-state index is -3.24. The summed E-state index contributed by atoms with van der Waals surface area (Å²) < 4.78 is 23.2. The Kier molecular flexibility index (Phi) is 5.73. The Labute approximate surface area is 140 Å². The molecule has 0 bridgehead atoms. The van der Waals surface area contributed by atoms with Crippen LogP contribution in [0.4, 0.5) is 5.69 Å². The van der Waals surface area contributed by atoms with Gasteiger partial charge in [-0.1, -0.05) is 30.3 Å². The SMILES string of the molecule is CS(=O)(=O)c1cccc(CNc2ccccc2/C=C/C(=O)NO)c1. The van der Waals surface area contributed by atoms with Crippen molar-refractivity contribution >= 4 is 27.5 Å². The van der Waals surface area contributed by atoms with E-state index in [4.69, 9.17) is 5.21 Å². The largest absolute Gasteiger partial charge is 0.380 e. The number of nitrogens with one attached hydrogen (secondary N) is 2. The van der Waals surface area contributed by atoms with Crippen molar-refractivity contribution in [1.82, 2.24) is 5.48 Å². The lowest BCUT2D eigenvalue weighted by molar-refractivity contribution is -0.124. The van der Waals surface area contributed by atoms with Gasteiger partial charge in [-0.25, -0.2) is 13.9 Å². The molecule has 0 aliphatic rings. The van der Waals surface area contributed by atoms with Crippen LogP contribution < -0.4 is 10.8 Å². The van der Waals surface area contributed by atoms with Gasteiger partial charge in [0, 0.05) is 24.6 Å². The van der Waals surface area contributed by atoms with Crippen LogP contribution in [0.25, 0.3) is 6.08 Å². The third-order valence-corrected chi connectivity index (χ3v) is 4.41. The highest BCUT2D eigenvalue weighted by molar-refractivity contribution is 7.90. The van der Waals surface area contributed by atoms with E-state index in [0.717, 1.165) is 16.8 Å². The maximum absolute atomic E-state index is 11.6. The third kappa shape index (κ3) is 4.94. The predicted molar refractivity (Wildman–Crippen MR) is 92.3 cm³/mol. The van der Waals surface area contributed by atoms with E-state index in [1.54, 1.807) is 24.3 Å². The number of para-hydroxylation sites is 1. The van der Waals surface area contributed by atoms with Crippen LogP contribution in [-0.4, -0.2) is 25.8 Å². The second kappa shape index (κ2) is 7.76. The van der Waals surface area contributed by atoms with E-state index in [9.17, 15) is 13.2 Å². The van der Waals surface area contributed by atoms with Crippen LogP contribution in [0.3, 0.4) is 0 Å².